The fourth-order valence-corrected chi connectivity index (χ4v) is 3.46. The minimum absolute atomic E-state index is 0. The second kappa shape index (κ2) is 8.50. The van der Waals surface area contributed by atoms with Gasteiger partial charge in [0, 0.05) is 0 Å². The van der Waals surface area contributed by atoms with Crippen LogP contribution in [0.4, 0.5) is 0 Å². The number of amides is 1. The number of nitrogens with zero attached hydrogens (tertiary/aromatic N) is 3. The molecule has 3 aromatic rings. The number of carbonyl (C=O) groups excluding carboxylic acids is 1. The molecule has 0 saturated carbocycles. The predicted octanol–water partition coefficient (Wildman–Crippen LogP) is 3.27. The van der Waals surface area contributed by atoms with Crippen LogP contribution in [-0.4, -0.2) is 34.0 Å². The van der Waals surface area contributed by atoms with Crippen molar-refractivity contribution in [1.82, 2.24) is 25.6 Å². The van der Waals surface area contributed by atoms with Crippen molar-refractivity contribution in [3.05, 3.63) is 59.9 Å². The zero-order valence-electron chi connectivity index (χ0n) is 15.3. The third kappa shape index (κ3) is 4.28. The van der Waals surface area contributed by atoms with Crippen LogP contribution in [0.25, 0.3) is 10.8 Å². The largest absolute Gasteiger partial charge is 0.344 e. The average Bonchev–Trinajstić information content (AvgIpc) is 3.18. The predicted molar refractivity (Wildman–Crippen MR) is 108 cm³/mol. The maximum Gasteiger partial charge on any atom is 0.273 e. The molecular weight excluding hydrogens is 362 g/mol. The van der Waals surface area contributed by atoms with Crippen LogP contribution in [0.5, 0.6) is 0 Å². The minimum Gasteiger partial charge on any atom is -0.344 e. The van der Waals surface area contributed by atoms with E-state index in [1.54, 1.807) is 6.20 Å². The molecule has 27 heavy (non-hydrogen) atoms. The molecule has 1 saturated heterocycles. The van der Waals surface area contributed by atoms with Crippen molar-refractivity contribution in [2.24, 2.45) is 0 Å². The first-order chi connectivity index (χ1) is 12.7. The van der Waals surface area contributed by atoms with E-state index in [4.69, 9.17) is 0 Å². The first kappa shape index (κ1) is 19.3. The number of halogens is 1. The molecule has 2 aromatic carbocycles. The molecule has 0 aliphatic carbocycles. The van der Waals surface area contributed by atoms with E-state index in [0.29, 0.717) is 11.7 Å². The first-order valence-electron chi connectivity index (χ1n) is 9.13. The summed E-state index contributed by atoms with van der Waals surface area (Å²) in [6.45, 7) is 3.94. The van der Waals surface area contributed by atoms with Crippen molar-refractivity contribution >= 4 is 29.1 Å². The lowest BCUT2D eigenvalue weighted by Gasteiger charge is -2.22. The van der Waals surface area contributed by atoms with Gasteiger partial charge in [-0.1, -0.05) is 41.6 Å². The van der Waals surface area contributed by atoms with Gasteiger partial charge in [0.2, 0.25) is 0 Å². The topological polar surface area (TPSA) is 71.8 Å². The Kier molecular flexibility index (Phi) is 6.08. The summed E-state index contributed by atoms with van der Waals surface area (Å²) in [6, 6.07) is 14.7. The van der Waals surface area contributed by atoms with Crippen LogP contribution in [0, 0.1) is 0 Å². The number of hydrogen-bond acceptors (Lipinski definition) is 4. The molecule has 6 nitrogen and oxygen atoms in total. The van der Waals surface area contributed by atoms with Gasteiger partial charge in [-0.3, -0.25) is 4.79 Å². The van der Waals surface area contributed by atoms with Crippen LogP contribution in [0.15, 0.2) is 48.7 Å². The van der Waals surface area contributed by atoms with Gasteiger partial charge in [-0.25, -0.2) is 4.68 Å². The number of fused-ring (bicyclic) bond motifs is 1. The third-order valence-corrected chi connectivity index (χ3v) is 5.05. The second-order valence-electron chi connectivity index (χ2n) is 6.87. The van der Waals surface area contributed by atoms with E-state index in [2.05, 4.69) is 51.3 Å². The summed E-state index contributed by atoms with van der Waals surface area (Å²) in [6.07, 6.45) is 3.79. The smallest absolute Gasteiger partial charge is 0.273 e. The number of benzene rings is 2. The number of carbonyl (C=O) groups is 1. The number of rotatable bonds is 4. The fourth-order valence-electron chi connectivity index (χ4n) is 3.46. The Morgan fingerprint density at radius 2 is 1.93 bits per heavy atom. The molecule has 1 aliphatic rings. The van der Waals surface area contributed by atoms with E-state index in [1.165, 1.54) is 10.8 Å². The Morgan fingerprint density at radius 1 is 1.19 bits per heavy atom. The Labute approximate surface area is 164 Å². The number of aromatic nitrogens is 3. The standard InChI is InChI=1S/C20H23N5O.ClH/c1-14(16-7-6-15-4-2-3-5-17(15)12-16)22-20(26)19-13-25(24-23-19)18-8-10-21-11-9-18;/h2-7,12-14,18,21H,8-11H2,1H3,(H,22,26);1H. The first-order valence-corrected chi connectivity index (χ1v) is 9.13. The van der Waals surface area contributed by atoms with Crippen LogP contribution in [-0.2, 0) is 0 Å². The van der Waals surface area contributed by atoms with E-state index in [9.17, 15) is 4.79 Å². The Hall–Kier alpha value is -2.44. The lowest BCUT2D eigenvalue weighted by atomic mass is 10.0. The van der Waals surface area contributed by atoms with E-state index < -0.39 is 0 Å². The summed E-state index contributed by atoms with van der Waals surface area (Å²) in [7, 11) is 0. The van der Waals surface area contributed by atoms with Gasteiger partial charge >= 0.3 is 0 Å². The summed E-state index contributed by atoms with van der Waals surface area (Å²) in [5.74, 6) is -0.189. The monoisotopic (exact) mass is 385 g/mol. The normalized spacial score (nSPS) is 15.9. The van der Waals surface area contributed by atoms with Crippen LogP contribution >= 0.6 is 12.4 Å². The zero-order chi connectivity index (χ0) is 17.9. The van der Waals surface area contributed by atoms with Crippen molar-refractivity contribution in [3.8, 4) is 0 Å². The Bertz CT molecular complexity index is 919. The second-order valence-corrected chi connectivity index (χ2v) is 6.87. The maximum absolute atomic E-state index is 12.5. The molecule has 0 radical (unpaired) electrons. The lowest BCUT2D eigenvalue weighted by Crippen LogP contribution is -2.29. The van der Waals surface area contributed by atoms with Crippen molar-refractivity contribution in [1.29, 1.82) is 0 Å². The highest BCUT2D eigenvalue weighted by molar-refractivity contribution is 5.92. The Morgan fingerprint density at radius 3 is 2.70 bits per heavy atom. The SMILES string of the molecule is CC(NC(=O)c1cn(C2CCNCC2)nn1)c1ccc2ccccc2c1.Cl. The molecule has 142 valence electrons. The molecule has 1 amide bonds. The van der Waals surface area contributed by atoms with E-state index in [0.717, 1.165) is 31.5 Å². The average molecular weight is 386 g/mol. The van der Waals surface area contributed by atoms with Crippen LogP contribution in [0.2, 0.25) is 0 Å². The molecule has 1 aromatic heterocycles. The fraction of sp³-hybridized carbons (Fsp3) is 0.350. The molecule has 7 heteroatoms. The van der Waals surface area contributed by atoms with Gasteiger partial charge in [0.05, 0.1) is 18.3 Å². The van der Waals surface area contributed by atoms with Gasteiger partial charge in [0.25, 0.3) is 5.91 Å². The summed E-state index contributed by atoms with van der Waals surface area (Å²) in [5, 5.41) is 16.9. The molecule has 1 atom stereocenters. The van der Waals surface area contributed by atoms with E-state index in [-0.39, 0.29) is 24.4 Å². The Balaban J connectivity index is 0.00000210. The van der Waals surface area contributed by atoms with Crippen molar-refractivity contribution in [2.75, 3.05) is 13.1 Å². The van der Waals surface area contributed by atoms with Crippen molar-refractivity contribution in [2.45, 2.75) is 31.8 Å². The molecule has 2 N–H and O–H groups in total. The van der Waals surface area contributed by atoms with Gasteiger partial charge in [-0.05, 0) is 55.3 Å². The van der Waals surface area contributed by atoms with E-state index >= 15 is 0 Å². The highest BCUT2D eigenvalue weighted by Gasteiger charge is 2.20. The third-order valence-electron chi connectivity index (χ3n) is 5.05. The summed E-state index contributed by atoms with van der Waals surface area (Å²) in [4.78, 5) is 12.5. The van der Waals surface area contributed by atoms with E-state index in [1.807, 2.05) is 23.7 Å². The summed E-state index contributed by atoms with van der Waals surface area (Å²) in [5.41, 5.74) is 1.44. The summed E-state index contributed by atoms with van der Waals surface area (Å²) >= 11 is 0. The van der Waals surface area contributed by atoms with Gasteiger partial charge in [0.15, 0.2) is 5.69 Å². The highest BCUT2D eigenvalue weighted by atomic mass is 35.5. The quantitative estimate of drug-likeness (QED) is 0.723. The van der Waals surface area contributed by atoms with Crippen LogP contribution in [0.3, 0.4) is 0 Å². The van der Waals surface area contributed by atoms with Gasteiger partial charge in [0.1, 0.15) is 0 Å². The molecule has 1 aliphatic heterocycles. The molecule has 1 unspecified atom stereocenters. The van der Waals surface area contributed by atoms with Crippen LogP contribution < -0.4 is 10.6 Å². The zero-order valence-corrected chi connectivity index (χ0v) is 16.1. The molecule has 0 spiro atoms. The molecule has 0 bridgehead atoms. The van der Waals surface area contributed by atoms with Crippen LogP contribution in [0.1, 0.15) is 47.9 Å². The molecule has 4 rings (SSSR count). The highest BCUT2D eigenvalue weighted by Crippen LogP contribution is 2.21. The minimum atomic E-state index is -0.189. The van der Waals surface area contributed by atoms with Gasteiger partial charge in [-0.2, -0.15) is 0 Å². The van der Waals surface area contributed by atoms with Gasteiger partial charge < -0.3 is 10.6 Å². The van der Waals surface area contributed by atoms with Crippen molar-refractivity contribution in [3.63, 3.8) is 0 Å². The summed E-state index contributed by atoms with van der Waals surface area (Å²) < 4.78 is 1.83. The van der Waals surface area contributed by atoms with Gasteiger partial charge in [-0.15, -0.1) is 17.5 Å². The number of piperidine rings is 1. The molecular formula is C20H24ClN5O. The maximum atomic E-state index is 12.5. The molecule has 1 fully saturated rings. The van der Waals surface area contributed by atoms with Crippen molar-refractivity contribution < 1.29 is 4.79 Å². The number of nitrogens with one attached hydrogen (secondary N) is 2. The number of hydrogen-bond donors (Lipinski definition) is 2. The molecule has 2 heterocycles. The lowest BCUT2D eigenvalue weighted by molar-refractivity contribution is 0.0934.